The fourth-order valence-electron chi connectivity index (χ4n) is 3.08. The number of oxazole rings is 1. The topological polar surface area (TPSA) is 77.2 Å². The molecule has 0 saturated carbocycles. The first-order valence-electron chi connectivity index (χ1n) is 9.23. The Balaban J connectivity index is 1.64. The molecule has 27 heavy (non-hydrogen) atoms. The number of pyridine rings is 1. The van der Waals surface area contributed by atoms with E-state index in [1.165, 1.54) is 6.26 Å². The van der Waals surface area contributed by atoms with Crippen molar-refractivity contribution in [2.45, 2.75) is 32.1 Å². The minimum absolute atomic E-state index is 0.225. The molecule has 0 unspecified atom stereocenters. The lowest BCUT2D eigenvalue weighted by Gasteiger charge is -2.11. The standard InChI is InChI=1S/C21H21N3O3/c25-20-18-14-27-21(24-18)15-10-11-22-16(13-15)7-3-1-2-6-12-26-19-9-5-4-8-17(19)23-20/h4-5,8-11,13-14H,1-3,6-7,12H2,(H,23,25). The highest BCUT2D eigenvalue weighted by molar-refractivity contribution is 6.03. The highest BCUT2D eigenvalue weighted by atomic mass is 16.5. The van der Waals surface area contributed by atoms with E-state index in [0.29, 0.717) is 23.9 Å². The predicted molar refractivity (Wildman–Crippen MR) is 102 cm³/mol. The summed E-state index contributed by atoms with van der Waals surface area (Å²) in [5, 5.41) is 2.86. The molecule has 2 aromatic heterocycles. The number of hydrogen-bond acceptors (Lipinski definition) is 5. The van der Waals surface area contributed by atoms with Crippen molar-refractivity contribution in [1.82, 2.24) is 9.97 Å². The Morgan fingerprint density at radius 2 is 1.93 bits per heavy atom. The molecule has 138 valence electrons. The number of aromatic nitrogens is 2. The molecule has 4 bridgehead atoms. The Hall–Kier alpha value is -3.15. The second-order valence-electron chi connectivity index (χ2n) is 6.54. The number of ether oxygens (including phenoxy) is 1. The van der Waals surface area contributed by atoms with Crippen LogP contribution in [-0.4, -0.2) is 22.5 Å². The molecule has 4 rings (SSSR count). The van der Waals surface area contributed by atoms with Gasteiger partial charge in [0.1, 0.15) is 12.0 Å². The first kappa shape index (κ1) is 17.3. The summed E-state index contributed by atoms with van der Waals surface area (Å²) in [7, 11) is 0. The summed E-state index contributed by atoms with van der Waals surface area (Å²) in [5.74, 6) is 0.743. The van der Waals surface area contributed by atoms with Gasteiger partial charge in [0.15, 0.2) is 5.69 Å². The van der Waals surface area contributed by atoms with Gasteiger partial charge in [0.05, 0.1) is 12.3 Å². The van der Waals surface area contributed by atoms with Crippen molar-refractivity contribution in [3.8, 4) is 17.2 Å². The lowest BCUT2D eigenvalue weighted by atomic mass is 10.1. The predicted octanol–water partition coefficient (Wildman–Crippen LogP) is 4.48. The van der Waals surface area contributed by atoms with Crippen molar-refractivity contribution < 1.29 is 13.9 Å². The molecule has 3 heterocycles. The van der Waals surface area contributed by atoms with Gasteiger partial charge < -0.3 is 14.5 Å². The summed E-state index contributed by atoms with van der Waals surface area (Å²) in [6.07, 6.45) is 8.30. The molecule has 1 aromatic carbocycles. The Labute approximate surface area is 157 Å². The quantitative estimate of drug-likeness (QED) is 0.637. The van der Waals surface area contributed by atoms with Crippen molar-refractivity contribution in [2.75, 3.05) is 11.9 Å². The van der Waals surface area contributed by atoms with Crippen LogP contribution in [-0.2, 0) is 6.42 Å². The van der Waals surface area contributed by atoms with Crippen molar-refractivity contribution >= 4 is 11.6 Å². The zero-order valence-electron chi connectivity index (χ0n) is 15.0. The fourth-order valence-corrected chi connectivity index (χ4v) is 3.08. The second-order valence-corrected chi connectivity index (χ2v) is 6.54. The summed E-state index contributed by atoms with van der Waals surface area (Å²) in [4.78, 5) is 21.3. The van der Waals surface area contributed by atoms with Crippen molar-refractivity contribution in [3.05, 3.63) is 60.2 Å². The first-order chi connectivity index (χ1) is 13.3. The van der Waals surface area contributed by atoms with Crippen LogP contribution in [0.4, 0.5) is 5.69 Å². The van der Waals surface area contributed by atoms with E-state index in [1.807, 2.05) is 36.4 Å². The molecular weight excluding hydrogens is 342 g/mol. The van der Waals surface area contributed by atoms with E-state index in [-0.39, 0.29) is 11.6 Å². The summed E-state index contributed by atoms with van der Waals surface area (Å²) >= 11 is 0. The average Bonchev–Trinajstić information content (AvgIpc) is 3.18. The number of carbonyl (C=O) groups is 1. The monoisotopic (exact) mass is 363 g/mol. The van der Waals surface area contributed by atoms with Gasteiger partial charge in [-0.15, -0.1) is 0 Å². The number of fused-ring (bicyclic) bond motifs is 6. The number of nitrogens with zero attached hydrogens (tertiary/aromatic N) is 2. The number of amides is 1. The van der Waals surface area contributed by atoms with E-state index in [1.54, 1.807) is 6.20 Å². The van der Waals surface area contributed by atoms with Crippen molar-refractivity contribution in [2.24, 2.45) is 0 Å². The molecular formula is C21H21N3O3. The van der Waals surface area contributed by atoms with E-state index in [0.717, 1.165) is 43.4 Å². The van der Waals surface area contributed by atoms with Crippen molar-refractivity contribution in [1.29, 1.82) is 0 Å². The minimum Gasteiger partial charge on any atom is -0.491 e. The third-order valence-electron chi connectivity index (χ3n) is 4.52. The van der Waals surface area contributed by atoms with Crippen LogP contribution in [0.2, 0.25) is 0 Å². The van der Waals surface area contributed by atoms with Crippen LogP contribution in [0.25, 0.3) is 11.5 Å². The van der Waals surface area contributed by atoms with Crippen molar-refractivity contribution in [3.63, 3.8) is 0 Å². The number of rotatable bonds is 0. The molecule has 0 fully saturated rings. The van der Waals surface area contributed by atoms with E-state index in [4.69, 9.17) is 9.15 Å². The first-order valence-corrected chi connectivity index (χ1v) is 9.23. The van der Waals surface area contributed by atoms with Crippen LogP contribution in [0.3, 0.4) is 0 Å². The molecule has 3 aromatic rings. The fraction of sp³-hybridized carbons (Fsp3) is 0.286. The summed E-state index contributed by atoms with van der Waals surface area (Å²) in [6, 6.07) is 11.2. The zero-order chi connectivity index (χ0) is 18.5. The number of hydrogen-bond donors (Lipinski definition) is 1. The minimum atomic E-state index is -0.334. The Bertz CT molecular complexity index is 936. The van der Waals surface area contributed by atoms with Gasteiger partial charge in [-0.25, -0.2) is 4.98 Å². The van der Waals surface area contributed by atoms with E-state index in [2.05, 4.69) is 15.3 Å². The SMILES string of the molecule is O=C1Nc2ccccc2OCCCCCCc2cc(ccn2)-c2nc1co2. The maximum absolute atomic E-state index is 12.6. The molecule has 1 aliphatic heterocycles. The Kier molecular flexibility index (Phi) is 5.14. The summed E-state index contributed by atoms with van der Waals surface area (Å²) < 4.78 is 11.4. The van der Waals surface area contributed by atoms with Gasteiger partial charge in [0, 0.05) is 17.5 Å². The van der Waals surface area contributed by atoms with Crippen LogP contribution in [0.1, 0.15) is 41.9 Å². The van der Waals surface area contributed by atoms with E-state index < -0.39 is 0 Å². The molecule has 1 amide bonds. The lowest BCUT2D eigenvalue weighted by molar-refractivity contribution is 0.102. The lowest BCUT2D eigenvalue weighted by Crippen LogP contribution is -2.13. The summed E-state index contributed by atoms with van der Waals surface area (Å²) in [5.41, 5.74) is 2.68. The van der Waals surface area contributed by atoms with E-state index in [9.17, 15) is 4.79 Å². The smallest absolute Gasteiger partial charge is 0.277 e. The number of anilines is 1. The molecule has 0 saturated heterocycles. The molecule has 0 radical (unpaired) electrons. The molecule has 0 spiro atoms. The number of nitrogens with one attached hydrogen (secondary N) is 1. The van der Waals surface area contributed by atoms with Gasteiger partial charge in [0.2, 0.25) is 5.89 Å². The molecule has 6 nitrogen and oxygen atoms in total. The second kappa shape index (κ2) is 8.03. The number of para-hydroxylation sites is 2. The number of carbonyl (C=O) groups excluding carboxylic acids is 1. The molecule has 1 N–H and O–H groups in total. The van der Waals surface area contributed by atoms with Crippen LogP contribution in [0.15, 0.2) is 53.3 Å². The Morgan fingerprint density at radius 1 is 1.04 bits per heavy atom. The largest absolute Gasteiger partial charge is 0.491 e. The van der Waals surface area contributed by atoms with Crippen LogP contribution >= 0.6 is 0 Å². The van der Waals surface area contributed by atoms with Gasteiger partial charge in [-0.05, 0) is 43.5 Å². The normalized spacial score (nSPS) is 15.2. The third-order valence-corrected chi connectivity index (χ3v) is 4.52. The maximum atomic E-state index is 12.6. The Morgan fingerprint density at radius 3 is 2.89 bits per heavy atom. The van der Waals surface area contributed by atoms with Gasteiger partial charge in [-0.2, -0.15) is 0 Å². The maximum Gasteiger partial charge on any atom is 0.277 e. The van der Waals surface area contributed by atoms with Gasteiger partial charge in [0.25, 0.3) is 5.91 Å². The highest BCUT2D eigenvalue weighted by Crippen LogP contribution is 2.26. The van der Waals surface area contributed by atoms with Crippen LogP contribution < -0.4 is 10.1 Å². The third kappa shape index (κ3) is 4.16. The van der Waals surface area contributed by atoms with E-state index >= 15 is 0 Å². The van der Waals surface area contributed by atoms with Crippen LogP contribution in [0.5, 0.6) is 5.75 Å². The molecule has 1 aliphatic rings. The van der Waals surface area contributed by atoms with Gasteiger partial charge in [-0.3, -0.25) is 9.78 Å². The summed E-state index contributed by atoms with van der Waals surface area (Å²) in [6.45, 7) is 0.620. The molecule has 0 aliphatic carbocycles. The highest BCUT2D eigenvalue weighted by Gasteiger charge is 2.16. The zero-order valence-corrected chi connectivity index (χ0v) is 15.0. The van der Waals surface area contributed by atoms with Crippen LogP contribution in [0, 0.1) is 0 Å². The number of benzene rings is 1. The molecule has 0 atom stereocenters. The molecule has 6 heteroatoms. The number of aryl methyl sites for hydroxylation is 1. The van der Waals surface area contributed by atoms with Gasteiger partial charge >= 0.3 is 0 Å². The average molecular weight is 363 g/mol. The van der Waals surface area contributed by atoms with Gasteiger partial charge in [-0.1, -0.05) is 25.0 Å².